The SMILES string of the molecule is CC(C)P(C[Si](C)(C)[N-][Si](C)(C)CP(C(C)C)C(C)C)C(C)C. The lowest BCUT2D eigenvalue weighted by Gasteiger charge is -2.54. The van der Waals surface area contributed by atoms with E-state index in [1.165, 1.54) is 11.6 Å². The topological polar surface area (TPSA) is 14.1 Å². The molecule has 0 heterocycles. The van der Waals surface area contributed by atoms with Crippen LogP contribution in [0.25, 0.3) is 4.65 Å². The van der Waals surface area contributed by atoms with Gasteiger partial charge in [-0.2, -0.15) is 0 Å². The Morgan fingerprint density at radius 3 is 0.957 bits per heavy atom. The maximum Gasteiger partial charge on any atom is -0.0267 e. The van der Waals surface area contributed by atoms with Crippen molar-refractivity contribution >= 4 is 32.3 Å². The summed E-state index contributed by atoms with van der Waals surface area (Å²) >= 11 is 0. The number of hydrogen-bond acceptors (Lipinski definition) is 0. The molecule has 0 aromatic carbocycles. The lowest BCUT2D eigenvalue weighted by Crippen LogP contribution is -2.44. The highest BCUT2D eigenvalue weighted by atomic mass is 31.1. The summed E-state index contributed by atoms with van der Waals surface area (Å²) in [6.07, 6.45) is 0. The van der Waals surface area contributed by atoms with E-state index < -0.39 is 16.5 Å². The van der Waals surface area contributed by atoms with E-state index in [9.17, 15) is 0 Å². The summed E-state index contributed by atoms with van der Waals surface area (Å²) in [6.45, 7) is 29.6. The molecule has 140 valence electrons. The van der Waals surface area contributed by atoms with Crippen LogP contribution in [-0.4, -0.2) is 50.7 Å². The maximum atomic E-state index is 5.66. The van der Waals surface area contributed by atoms with Crippen LogP contribution in [0.3, 0.4) is 0 Å². The molecule has 0 aromatic rings. The van der Waals surface area contributed by atoms with Gasteiger partial charge in [-0.1, -0.05) is 110 Å². The Morgan fingerprint density at radius 2 is 0.783 bits per heavy atom. The van der Waals surface area contributed by atoms with Crippen LogP contribution in [0.15, 0.2) is 0 Å². The molecule has 0 aliphatic rings. The summed E-state index contributed by atoms with van der Waals surface area (Å²) in [5.74, 6) is 2.88. The van der Waals surface area contributed by atoms with Gasteiger partial charge < -0.3 is 4.65 Å². The first-order valence-electron chi connectivity index (χ1n) is 9.44. The molecule has 0 saturated carbocycles. The van der Waals surface area contributed by atoms with Gasteiger partial charge in [0, 0.05) is 0 Å². The monoisotopic (exact) mass is 392 g/mol. The standard InChI is InChI=1S/C18H44NP2Si2/c1-15(2)20(16(3)4)13-22(9,10)19-23(11,12)14-21(17(5)6)18(7)8/h15-18H,13-14H2,1-12H3/q-1. The Morgan fingerprint density at radius 1 is 0.565 bits per heavy atom. The summed E-state index contributed by atoms with van der Waals surface area (Å²) in [5.41, 5.74) is 3.39. The first-order chi connectivity index (χ1) is 10.2. The summed E-state index contributed by atoms with van der Waals surface area (Å²) in [5, 5.41) is 0. The van der Waals surface area contributed by atoms with Gasteiger partial charge >= 0.3 is 0 Å². The molecule has 0 bridgehead atoms. The van der Waals surface area contributed by atoms with Crippen molar-refractivity contribution in [3.8, 4) is 0 Å². The summed E-state index contributed by atoms with van der Waals surface area (Å²) in [4.78, 5) is 0. The van der Waals surface area contributed by atoms with Gasteiger partial charge in [0.1, 0.15) is 0 Å². The second kappa shape index (κ2) is 9.81. The third kappa shape index (κ3) is 9.50. The molecule has 0 N–H and O–H groups in total. The van der Waals surface area contributed by atoms with E-state index in [4.69, 9.17) is 4.65 Å². The van der Waals surface area contributed by atoms with Crippen LogP contribution in [0, 0.1) is 0 Å². The van der Waals surface area contributed by atoms with Crippen LogP contribution in [0.4, 0.5) is 0 Å². The summed E-state index contributed by atoms with van der Waals surface area (Å²) < 4.78 is 5.66. The predicted molar refractivity (Wildman–Crippen MR) is 122 cm³/mol. The Kier molecular flexibility index (Phi) is 10.3. The summed E-state index contributed by atoms with van der Waals surface area (Å²) in [7, 11) is -2.61. The highest BCUT2D eigenvalue weighted by Crippen LogP contribution is 2.51. The molecule has 0 spiro atoms. The molecule has 0 saturated heterocycles. The van der Waals surface area contributed by atoms with E-state index in [-0.39, 0.29) is 15.8 Å². The predicted octanol–water partition coefficient (Wildman–Crippen LogP) is 7.45. The molecule has 0 atom stereocenters. The molecule has 1 nitrogen and oxygen atoms in total. The van der Waals surface area contributed by atoms with Crippen LogP contribution in [0.2, 0.25) is 26.2 Å². The fourth-order valence-electron chi connectivity index (χ4n) is 3.71. The minimum Gasteiger partial charge on any atom is -0.667 e. The molecule has 0 unspecified atom stereocenters. The van der Waals surface area contributed by atoms with Crippen molar-refractivity contribution in [1.29, 1.82) is 0 Å². The van der Waals surface area contributed by atoms with Crippen LogP contribution < -0.4 is 0 Å². The third-order valence-electron chi connectivity index (χ3n) is 4.40. The van der Waals surface area contributed by atoms with Crippen molar-refractivity contribution < 1.29 is 0 Å². The van der Waals surface area contributed by atoms with Crippen molar-refractivity contribution in [3.05, 3.63) is 4.65 Å². The number of hydrogen-bond donors (Lipinski definition) is 0. The van der Waals surface area contributed by atoms with Gasteiger partial charge in [0.05, 0.1) is 0 Å². The number of rotatable bonds is 10. The van der Waals surface area contributed by atoms with Gasteiger partial charge in [-0.15, -0.1) is 15.8 Å². The molecule has 0 radical (unpaired) electrons. The van der Waals surface area contributed by atoms with Crippen LogP contribution in [0.5, 0.6) is 0 Å². The zero-order chi connectivity index (χ0) is 18.6. The number of nitrogens with zero attached hydrogens (tertiary/aromatic N) is 1. The highest BCUT2D eigenvalue weighted by Gasteiger charge is 2.28. The summed E-state index contributed by atoms with van der Waals surface area (Å²) in [6, 6.07) is 0. The Bertz CT molecular complexity index is 294. The van der Waals surface area contributed by atoms with Crippen molar-refractivity contribution in [2.24, 2.45) is 0 Å². The van der Waals surface area contributed by atoms with Crippen molar-refractivity contribution in [2.75, 3.05) is 11.6 Å². The highest BCUT2D eigenvalue weighted by molar-refractivity contribution is 7.63. The molecule has 0 fully saturated rings. The Hall–Kier alpha value is 1.25. The molecule has 23 heavy (non-hydrogen) atoms. The average Bonchev–Trinajstić information content (AvgIpc) is 2.30. The fraction of sp³-hybridized carbons (Fsp3) is 1.00. The lowest BCUT2D eigenvalue weighted by molar-refractivity contribution is 1.01. The minimum atomic E-state index is -1.44. The average molecular weight is 393 g/mol. The zero-order valence-electron chi connectivity index (χ0n) is 18.1. The van der Waals surface area contributed by atoms with Crippen molar-refractivity contribution in [3.63, 3.8) is 0 Å². The van der Waals surface area contributed by atoms with E-state index in [0.29, 0.717) is 0 Å². The zero-order valence-corrected chi connectivity index (χ0v) is 21.9. The second-order valence-corrected chi connectivity index (χ2v) is 26.3. The Balaban J connectivity index is 4.97. The molecule has 0 aliphatic carbocycles. The molecular formula is C18H44NP2Si2-. The van der Waals surface area contributed by atoms with Gasteiger partial charge in [-0.25, -0.2) is 0 Å². The molecule has 0 aromatic heterocycles. The van der Waals surface area contributed by atoms with Gasteiger partial charge in [0.2, 0.25) is 0 Å². The van der Waals surface area contributed by atoms with E-state index in [1.54, 1.807) is 0 Å². The van der Waals surface area contributed by atoms with Crippen LogP contribution >= 0.6 is 15.8 Å². The second-order valence-electron chi connectivity index (χ2n) is 9.46. The minimum absolute atomic E-state index is 0.131. The van der Waals surface area contributed by atoms with E-state index in [2.05, 4.69) is 81.6 Å². The van der Waals surface area contributed by atoms with Gasteiger partial charge in [0.15, 0.2) is 0 Å². The third-order valence-corrected chi connectivity index (χ3v) is 23.7. The van der Waals surface area contributed by atoms with E-state index in [0.717, 1.165) is 22.6 Å². The van der Waals surface area contributed by atoms with Crippen molar-refractivity contribution in [2.45, 2.75) is 104 Å². The van der Waals surface area contributed by atoms with Crippen molar-refractivity contribution in [1.82, 2.24) is 0 Å². The van der Waals surface area contributed by atoms with Crippen LogP contribution in [0.1, 0.15) is 55.4 Å². The normalized spacial score (nSPS) is 14.3. The van der Waals surface area contributed by atoms with Crippen LogP contribution in [-0.2, 0) is 0 Å². The quantitative estimate of drug-likeness (QED) is 0.271. The fourth-order valence-corrected chi connectivity index (χ4v) is 27.5. The first kappa shape index (κ1) is 24.3. The molecule has 0 aliphatic heterocycles. The molecule has 0 rings (SSSR count). The largest absolute Gasteiger partial charge is 0.667 e. The molecule has 5 heteroatoms. The van der Waals surface area contributed by atoms with Gasteiger partial charge in [-0.3, -0.25) is 0 Å². The first-order valence-corrected chi connectivity index (χ1v) is 19.1. The maximum absolute atomic E-state index is 5.66. The molecular weight excluding hydrogens is 348 g/mol. The van der Waals surface area contributed by atoms with E-state index >= 15 is 0 Å². The van der Waals surface area contributed by atoms with Gasteiger partial charge in [0.25, 0.3) is 0 Å². The van der Waals surface area contributed by atoms with Gasteiger partial charge in [-0.05, 0) is 22.6 Å². The Labute approximate surface area is 152 Å². The van der Waals surface area contributed by atoms with E-state index in [1.807, 2.05) is 0 Å². The lowest BCUT2D eigenvalue weighted by atomic mass is 10.5. The smallest absolute Gasteiger partial charge is 0.0267 e. The molecule has 0 amide bonds.